The topological polar surface area (TPSA) is 35.5 Å². The van der Waals surface area contributed by atoms with Crippen molar-refractivity contribution >= 4 is 24.5 Å². The van der Waals surface area contributed by atoms with Gasteiger partial charge in [0.1, 0.15) is 5.78 Å². The predicted octanol–water partition coefficient (Wildman–Crippen LogP) is 4.65. The van der Waals surface area contributed by atoms with Crippen molar-refractivity contribution in [2.24, 2.45) is 0 Å². The van der Waals surface area contributed by atoms with Crippen molar-refractivity contribution in [3.05, 3.63) is 73.3 Å². The van der Waals surface area contributed by atoms with Crippen LogP contribution in [0, 0.1) is 0 Å². The third kappa shape index (κ3) is 5.00. The lowest BCUT2D eigenvalue weighted by atomic mass is 9.99. The standard InChI is InChI=1S/C26H34O3Si/c1-5-12-22-19-21(27)20-23(29-22)17-18-28-30(26(2,3)4,24-13-8-6-9-14-24)25-15-10-7-11-16-25/h5-11,13-16,22-23H,1,12,17-20H2,2-4H3/t22-,23-/m1/s1. The van der Waals surface area contributed by atoms with E-state index in [1.54, 1.807) is 0 Å². The maximum atomic E-state index is 12.2. The SMILES string of the molecule is C=CC[C@@H]1CC(=O)C[C@@H](CCO[Si](c2ccccc2)(c2ccccc2)C(C)(C)C)O1. The van der Waals surface area contributed by atoms with E-state index in [-0.39, 0.29) is 23.0 Å². The van der Waals surface area contributed by atoms with Crippen molar-refractivity contribution in [1.82, 2.24) is 0 Å². The lowest BCUT2D eigenvalue weighted by Gasteiger charge is -2.43. The zero-order valence-electron chi connectivity index (χ0n) is 18.5. The Hall–Kier alpha value is -2.01. The molecular formula is C26H34O3Si. The van der Waals surface area contributed by atoms with E-state index in [2.05, 4.69) is 88.0 Å². The molecule has 0 aliphatic carbocycles. The first-order valence-electron chi connectivity index (χ1n) is 10.9. The Labute approximate surface area is 182 Å². The molecule has 0 N–H and O–H groups in total. The number of benzene rings is 2. The van der Waals surface area contributed by atoms with Crippen LogP contribution in [0.15, 0.2) is 73.3 Å². The van der Waals surface area contributed by atoms with Crippen LogP contribution in [0.2, 0.25) is 5.04 Å². The Kier molecular flexibility index (Phi) is 7.45. The molecule has 0 bridgehead atoms. The Morgan fingerprint density at radius 1 is 1.00 bits per heavy atom. The summed E-state index contributed by atoms with van der Waals surface area (Å²) in [5.41, 5.74) is 0. The van der Waals surface area contributed by atoms with E-state index in [0.717, 1.165) is 12.8 Å². The van der Waals surface area contributed by atoms with Crippen LogP contribution in [0.5, 0.6) is 0 Å². The van der Waals surface area contributed by atoms with Crippen LogP contribution in [0.3, 0.4) is 0 Å². The van der Waals surface area contributed by atoms with Gasteiger partial charge in [-0.25, -0.2) is 0 Å². The normalized spacial score (nSPS) is 20.2. The average Bonchev–Trinajstić information content (AvgIpc) is 2.71. The Balaban J connectivity index is 1.85. The third-order valence-electron chi connectivity index (χ3n) is 5.90. The fraction of sp³-hybridized carbons (Fsp3) is 0.423. The number of rotatable bonds is 8. The first kappa shape index (κ1) is 22.7. The molecular weight excluding hydrogens is 388 g/mol. The number of Topliss-reactive ketones (excluding diaryl/α,β-unsaturated/α-hetero) is 1. The molecule has 0 radical (unpaired) electrons. The molecule has 0 spiro atoms. The minimum atomic E-state index is -2.54. The van der Waals surface area contributed by atoms with Crippen molar-refractivity contribution in [3.8, 4) is 0 Å². The minimum Gasteiger partial charge on any atom is -0.407 e. The molecule has 4 heteroatoms. The number of ether oxygens (including phenoxy) is 1. The highest BCUT2D eigenvalue weighted by Crippen LogP contribution is 2.37. The van der Waals surface area contributed by atoms with E-state index in [0.29, 0.717) is 19.4 Å². The second-order valence-electron chi connectivity index (χ2n) is 9.15. The predicted molar refractivity (Wildman–Crippen MR) is 126 cm³/mol. The quantitative estimate of drug-likeness (QED) is 0.459. The monoisotopic (exact) mass is 422 g/mol. The van der Waals surface area contributed by atoms with Gasteiger partial charge in [-0.05, 0) is 28.3 Å². The lowest BCUT2D eigenvalue weighted by Crippen LogP contribution is -2.66. The highest BCUT2D eigenvalue weighted by atomic mass is 28.4. The molecule has 0 amide bonds. The summed E-state index contributed by atoms with van der Waals surface area (Å²) in [5.74, 6) is 0.281. The van der Waals surface area contributed by atoms with Gasteiger partial charge in [0.05, 0.1) is 12.2 Å². The molecule has 0 unspecified atom stereocenters. The van der Waals surface area contributed by atoms with E-state index in [1.165, 1.54) is 10.4 Å². The second-order valence-corrected chi connectivity index (χ2v) is 13.5. The summed E-state index contributed by atoms with van der Waals surface area (Å²) in [6.07, 6.45) is 4.15. The van der Waals surface area contributed by atoms with Crippen molar-refractivity contribution in [3.63, 3.8) is 0 Å². The van der Waals surface area contributed by atoms with E-state index in [1.807, 2.05) is 6.08 Å². The van der Waals surface area contributed by atoms with Gasteiger partial charge in [-0.2, -0.15) is 0 Å². The van der Waals surface area contributed by atoms with Gasteiger partial charge in [0.15, 0.2) is 0 Å². The Bertz CT molecular complexity index is 787. The van der Waals surface area contributed by atoms with Gasteiger partial charge in [0.2, 0.25) is 0 Å². The molecule has 1 heterocycles. The van der Waals surface area contributed by atoms with Crippen LogP contribution in [-0.4, -0.2) is 32.9 Å². The van der Waals surface area contributed by atoms with Gasteiger partial charge in [0, 0.05) is 19.4 Å². The van der Waals surface area contributed by atoms with E-state index in [9.17, 15) is 4.79 Å². The van der Waals surface area contributed by atoms with E-state index in [4.69, 9.17) is 9.16 Å². The molecule has 0 aromatic heterocycles. The molecule has 3 rings (SSSR count). The molecule has 2 aromatic carbocycles. The lowest BCUT2D eigenvalue weighted by molar-refractivity contribution is -0.135. The molecule has 1 saturated heterocycles. The highest BCUT2D eigenvalue weighted by molar-refractivity contribution is 6.99. The second kappa shape index (κ2) is 9.86. The van der Waals surface area contributed by atoms with Crippen LogP contribution in [-0.2, 0) is 14.0 Å². The smallest absolute Gasteiger partial charge is 0.261 e. The van der Waals surface area contributed by atoms with E-state index >= 15 is 0 Å². The van der Waals surface area contributed by atoms with Crippen LogP contribution in [0.4, 0.5) is 0 Å². The number of ketones is 1. The van der Waals surface area contributed by atoms with Crippen molar-refractivity contribution in [1.29, 1.82) is 0 Å². The number of hydrogen-bond donors (Lipinski definition) is 0. The molecule has 30 heavy (non-hydrogen) atoms. The summed E-state index contributed by atoms with van der Waals surface area (Å²) in [7, 11) is -2.54. The largest absolute Gasteiger partial charge is 0.407 e. The fourth-order valence-corrected chi connectivity index (χ4v) is 9.14. The number of carbonyl (C=O) groups excluding carboxylic acids is 1. The molecule has 1 aliphatic rings. The van der Waals surface area contributed by atoms with E-state index < -0.39 is 8.32 Å². The molecule has 2 aromatic rings. The first-order valence-corrected chi connectivity index (χ1v) is 12.8. The summed E-state index contributed by atoms with van der Waals surface area (Å²) in [6, 6.07) is 21.3. The molecule has 3 nitrogen and oxygen atoms in total. The summed E-state index contributed by atoms with van der Waals surface area (Å²) in [6.45, 7) is 11.2. The van der Waals surface area contributed by atoms with Crippen LogP contribution >= 0.6 is 0 Å². The Morgan fingerprint density at radius 3 is 2.03 bits per heavy atom. The molecule has 0 saturated carbocycles. The zero-order valence-corrected chi connectivity index (χ0v) is 19.5. The van der Waals surface area contributed by atoms with Crippen molar-refractivity contribution in [2.45, 2.75) is 63.7 Å². The minimum absolute atomic E-state index is 0.0402. The Morgan fingerprint density at radius 2 is 1.53 bits per heavy atom. The van der Waals surface area contributed by atoms with Gasteiger partial charge in [-0.1, -0.05) is 87.5 Å². The van der Waals surface area contributed by atoms with Crippen molar-refractivity contribution < 1.29 is 14.0 Å². The molecule has 1 aliphatic heterocycles. The summed E-state index contributed by atoms with van der Waals surface area (Å²) in [4.78, 5) is 12.2. The number of carbonyl (C=O) groups is 1. The zero-order chi connectivity index (χ0) is 21.6. The van der Waals surface area contributed by atoms with Crippen LogP contribution in [0.1, 0.15) is 46.5 Å². The average molecular weight is 423 g/mol. The van der Waals surface area contributed by atoms with Gasteiger partial charge in [0.25, 0.3) is 8.32 Å². The van der Waals surface area contributed by atoms with Gasteiger partial charge in [-0.15, -0.1) is 6.58 Å². The molecule has 2 atom stereocenters. The summed E-state index contributed by atoms with van der Waals surface area (Å²) < 4.78 is 13.1. The first-order chi connectivity index (χ1) is 14.4. The maximum Gasteiger partial charge on any atom is 0.261 e. The van der Waals surface area contributed by atoms with Gasteiger partial charge in [-0.3, -0.25) is 4.79 Å². The molecule has 160 valence electrons. The van der Waals surface area contributed by atoms with Crippen molar-refractivity contribution in [2.75, 3.05) is 6.61 Å². The van der Waals surface area contributed by atoms with Crippen LogP contribution < -0.4 is 10.4 Å². The fourth-order valence-electron chi connectivity index (χ4n) is 4.56. The van der Waals surface area contributed by atoms with Gasteiger partial charge < -0.3 is 9.16 Å². The summed E-state index contributed by atoms with van der Waals surface area (Å²) >= 11 is 0. The van der Waals surface area contributed by atoms with Gasteiger partial charge >= 0.3 is 0 Å². The molecule has 1 fully saturated rings. The summed E-state index contributed by atoms with van der Waals surface area (Å²) in [5, 5.41) is 2.49. The highest BCUT2D eigenvalue weighted by Gasteiger charge is 2.50. The number of hydrogen-bond acceptors (Lipinski definition) is 3. The van der Waals surface area contributed by atoms with Crippen LogP contribution in [0.25, 0.3) is 0 Å². The third-order valence-corrected chi connectivity index (χ3v) is 10.9. The maximum absolute atomic E-state index is 12.2.